The van der Waals surface area contributed by atoms with Crippen LogP contribution < -0.4 is 5.32 Å². The lowest BCUT2D eigenvalue weighted by molar-refractivity contribution is 0.0704. The highest BCUT2D eigenvalue weighted by Gasteiger charge is 2.14. The quantitative estimate of drug-likeness (QED) is 0.711. The van der Waals surface area contributed by atoms with E-state index in [0.717, 1.165) is 32.1 Å². The zero-order valence-corrected chi connectivity index (χ0v) is 13.1. The number of nitrogens with zero attached hydrogens (tertiary/aromatic N) is 2. The molecule has 0 fully saturated rings. The molecule has 20 heavy (non-hydrogen) atoms. The molecule has 0 amide bonds. The first kappa shape index (κ1) is 16.9. The largest absolute Gasteiger partial charge is 0.383 e. The minimum Gasteiger partial charge on any atom is -0.383 e. The predicted molar refractivity (Wildman–Crippen MR) is 82.0 cm³/mol. The van der Waals surface area contributed by atoms with Crippen molar-refractivity contribution in [3.8, 4) is 0 Å². The van der Waals surface area contributed by atoms with Gasteiger partial charge in [-0.05, 0) is 25.5 Å². The molecule has 0 aliphatic carbocycles. The van der Waals surface area contributed by atoms with Gasteiger partial charge in [-0.25, -0.2) is 4.98 Å². The van der Waals surface area contributed by atoms with Gasteiger partial charge in [0.1, 0.15) is 5.82 Å². The second-order valence-electron chi connectivity index (χ2n) is 4.85. The van der Waals surface area contributed by atoms with E-state index in [2.05, 4.69) is 35.1 Å². The van der Waals surface area contributed by atoms with Crippen LogP contribution >= 0.6 is 0 Å². The van der Waals surface area contributed by atoms with Crippen molar-refractivity contribution in [2.75, 3.05) is 45.8 Å². The lowest BCUT2D eigenvalue weighted by Crippen LogP contribution is -2.38. The van der Waals surface area contributed by atoms with Gasteiger partial charge in [0.25, 0.3) is 0 Å². The van der Waals surface area contributed by atoms with E-state index in [9.17, 15) is 0 Å². The van der Waals surface area contributed by atoms with E-state index in [1.54, 1.807) is 14.2 Å². The highest BCUT2D eigenvalue weighted by molar-refractivity contribution is 5.35. The number of aromatic nitrogens is 1. The maximum atomic E-state index is 5.25. The van der Waals surface area contributed by atoms with Crippen molar-refractivity contribution in [1.29, 1.82) is 0 Å². The van der Waals surface area contributed by atoms with E-state index in [1.165, 1.54) is 5.56 Å². The van der Waals surface area contributed by atoms with Crippen LogP contribution in [0.15, 0.2) is 18.3 Å². The van der Waals surface area contributed by atoms with Gasteiger partial charge >= 0.3 is 0 Å². The maximum absolute atomic E-state index is 5.25. The molecule has 1 N–H and O–H groups in total. The van der Waals surface area contributed by atoms with Crippen molar-refractivity contribution in [3.05, 3.63) is 23.9 Å². The number of pyridine rings is 1. The van der Waals surface area contributed by atoms with Gasteiger partial charge in [-0.3, -0.25) is 4.90 Å². The van der Waals surface area contributed by atoms with Gasteiger partial charge in [0.2, 0.25) is 0 Å². The molecule has 1 unspecified atom stereocenters. The molecule has 5 nitrogen and oxygen atoms in total. The lowest BCUT2D eigenvalue weighted by atomic mass is 10.2. The number of anilines is 1. The van der Waals surface area contributed by atoms with Crippen LogP contribution in [-0.2, 0) is 16.0 Å². The monoisotopic (exact) mass is 281 g/mol. The molecule has 1 aromatic rings. The van der Waals surface area contributed by atoms with Crippen molar-refractivity contribution in [2.45, 2.75) is 26.4 Å². The number of methoxy groups -OCH3 is 2. The average molecular weight is 281 g/mol. The van der Waals surface area contributed by atoms with Gasteiger partial charge in [0.05, 0.1) is 13.2 Å². The molecule has 5 heteroatoms. The molecule has 1 rings (SSSR count). The Hall–Kier alpha value is -1.17. The summed E-state index contributed by atoms with van der Waals surface area (Å²) in [4.78, 5) is 6.75. The summed E-state index contributed by atoms with van der Waals surface area (Å²) in [6, 6.07) is 4.49. The van der Waals surface area contributed by atoms with Crippen LogP contribution in [0.2, 0.25) is 0 Å². The van der Waals surface area contributed by atoms with Crippen molar-refractivity contribution in [2.24, 2.45) is 0 Å². The third-order valence-corrected chi connectivity index (χ3v) is 3.18. The Balaban J connectivity index is 2.62. The average Bonchev–Trinajstić information content (AvgIpc) is 2.45. The minimum absolute atomic E-state index is 0.351. The molecule has 0 aromatic carbocycles. The fourth-order valence-corrected chi connectivity index (χ4v) is 2.05. The van der Waals surface area contributed by atoms with E-state index >= 15 is 0 Å². The first-order valence-corrected chi connectivity index (χ1v) is 7.12. The Kier molecular flexibility index (Phi) is 8.18. The summed E-state index contributed by atoms with van der Waals surface area (Å²) < 4.78 is 10.4. The molecule has 0 saturated carbocycles. The second-order valence-corrected chi connectivity index (χ2v) is 4.85. The standard InChI is InChI=1S/C15H27N3O2/c1-5-16-15-7-6-14(10-17-15)11-18(8-9-19-3)13(2)12-20-4/h6-7,10,13H,5,8-9,11-12H2,1-4H3,(H,16,17). The van der Waals surface area contributed by atoms with Crippen molar-refractivity contribution in [1.82, 2.24) is 9.88 Å². The van der Waals surface area contributed by atoms with Gasteiger partial charge in [-0.15, -0.1) is 0 Å². The Morgan fingerprint density at radius 2 is 2.10 bits per heavy atom. The van der Waals surface area contributed by atoms with Crippen LogP contribution in [0.1, 0.15) is 19.4 Å². The van der Waals surface area contributed by atoms with Crippen LogP contribution in [0.3, 0.4) is 0 Å². The van der Waals surface area contributed by atoms with Gasteiger partial charge in [0.15, 0.2) is 0 Å². The van der Waals surface area contributed by atoms with Crippen LogP contribution in [-0.4, -0.2) is 56.4 Å². The number of rotatable bonds is 10. The highest BCUT2D eigenvalue weighted by atomic mass is 16.5. The maximum Gasteiger partial charge on any atom is 0.125 e. The van der Waals surface area contributed by atoms with E-state index in [4.69, 9.17) is 9.47 Å². The second kappa shape index (κ2) is 9.69. The predicted octanol–water partition coefficient (Wildman–Crippen LogP) is 2.00. The zero-order chi connectivity index (χ0) is 14.8. The molecule has 1 atom stereocenters. The van der Waals surface area contributed by atoms with Crippen LogP contribution in [0.4, 0.5) is 5.82 Å². The molecule has 1 aromatic heterocycles. The topological polar surface area (TPSA) is 46.6 Å². The molecule has 0 aliphatic rings. The summed E-state index contributed by atoms with van der Waals surface area (Å²) in [6.45, 7) is 8.29. The number of nitrogens with one attached hydrogen (secondary N) is 1. The van der Waals surface area contributed by atoms with Crippen LogP contribution in [0, 0.1) is 0 Å². The van der Waals surface area contributed by atoms with Crippen LogP contribution in [0.5, 0.6) is 0 Å². The van der Waals surface area contributed by atoms with Crippen molar-refractivity contribution < 1.29 is 9.47 Å². The fraction of sp³-hybridized carbons (Fsp3) is 0.667. The van der Waals surface area contributed by atoms with Crippen LogP contribution in [0.25, 0.3) is 0 Å². The summed E-state index contributed by atoms with van der Waals surface area (Å²) in [7, 11) is 3.46. The molecule has 0 spiro atoms. The fourth-order valence-electron chi connectivity index (χ4n) is 2.05. The van der Waals surface area contributed by atoms with E-state index in [-0.39, 0.29) is 0 Å². The smallest absolute Gasteiger partial charge is 0.125 e. The number of hydrogen-bond acceptors (Lipinski definition) is 5. The zero-order valence-electron chi connectivity index (χ0n) is 13.1. The van der Waals surface area contributed by atoms with E-state index in [0.29, 0.717) is 12.6 Å². The Bertz CT molecular complexity index is 357. The van der Waals surface area contributed by atoms with Gasteiger partial charge < -0.3 is 14.8 Å². The summed E-state index contributed by atoms with van der Waals surface area (Å²) in [5.41, 5.74) is 1.20. The third-order valence-electron chi connectivity index (χ3n) is 3.18. The molecular weight excluding hydrogens is 254 g/mol. The first-order valence-electron chi connectivity index (χ1n) is 7.12. The van der Waals surface area contributed by atoms with E-state index in [1.807, 2.05) is 12.3 Å². The molecule has 0 aliphatic heterocycles. The highest BCUT2D eigenvalue weighted by Crippen LogP contribution is 2.10. The summed E-state index contributed by atoms with van der Waals surface area (Å²) >= 11 is 0. The van der Waals surface area contributed by atoms with E-state index < -0.39 is 0 Å². The summed E-state index contributed by atoms with van der Waals surface area (Å²) in [5, 5.41) is 3.20. The normalized spacial score (nSPS) is 12.7. The molecule has 0 bridgehead atoms. The first-order chi connectivity index (χ1) is 9.71. The Labute approximate surface area is 122 Å². The lowest BCUT2D eigenvalue weighted by Gasteiger charge is -2.28. The summed E-state index contributed by atoms with van der Waals surface area (Å²) in [6.07, 6.45) is 1.93. The Morgan fingerprint density at radius 3 is 2.65 bits per heavy atom. The molecule has 0 radical (unpaired) electrons. The Morgan fingerprint density at radius 1 is 1.30 bits per heavy atom. The van der Waals surface area contributed by atoms with Crippen molar-refractivity contribution >= 4 is 5.82 Å². The third kappa shape index (κ3) is 5.86. The van der Waals surface area contributed by atoms with Crippen molar-refractivity contribution in [3.63, 3.8) is 0 Å². The van der Waals surface area contributed by atoms with Gasteiger partial charge in [0, 0.05) is 46.1 Å². The molecule has 114 valence electrons. The number of ether oxygens (including phenoxy) is 2. The summed E-state index contributed by atoms with van der Waals surface area (Å²) in [5.74, 6) is 0.921. The minimum atomic E-state index is 0.351. The molecular formula is C15H27N3O2. The molecule has 1 heterocycles. The molecule has 0 saturated heterocycles. The van der Waals surface area contributed by atoms with Gasteiger partial charge in [-0.2, -0.15) is 0 Å². The van der Waals surface area contributed by atoms with Gasteiger partial charge in [-0.1, -0.05) is 6.07 Å². The number of hydrogen-bond donors (Lipinski definition) is 1. The SMILES string of the molecule is CCNc1ccc(CN(CCOC)C(C)COC)cn1.